The van der Waals surface area contributed by atoms with Gasteiger partial charge in [-0.25, -0.2) is 0 Å². The fraction of sp³-hybridized carbons (Fsp3) is 0.281. The largest absolute Gasteiger partial charge is 0.352 e. The number of hydrogen-bond donors (Lipinski definition) is 2. The minimum atomic E-state index is -0.130. The van der Waals surface area contributed by atoms with Crippen molar-refractivity contribution in [2.75, 3.05) is 11.9 Å². The molecule has 0 saturated carbocycles. The van der Waals surface area contributed by atoms with Crippen LogP contribution in [0.3, 0.4) is 0 Å². The zero-order valence-corrected chi connectivity index (χ0v) is 23.8. The SMILES string of the molecule is CCc1ccc(-n2c(C)cc([C@@H]3[C@H](c4ccccn4)NC(=S)N3CCC(=O)Nc3cccc(C)c3)c2C)cc1. The van der Waals surface area contributed by atoms with E-state index in [9.17, 15) is 4.79 Å². The summed E-state index contributed by atoms with van der Waals surface area (Å²) >= 11 is 5.85. The van der Waals surface area contributed by atoms with E-state index in [1.165, 1.54) is 11.1 Å². The van der Waals surface area contributed by atoms with Crippen molar-refractivity contribution in [2.24, 2.45) is 0 Å². The number of benzene rings is 2. The van der Waals surface area contributed by atoms with Crippen LogP contribution in [0.5, 0.6) is 0 Å². The van der Waals surface area contributed by atoms with E-state index in [2.05, 4.69) is 76.2 Å². The molecule has 0 radical (unpaired) electrons. The second-order valence-corrected chi connectivity index (χ2v) is 10.6. The molecule has 6 nitrogen and oxygen atoms in total. The first-order chi connectivity index (χ1) is 18.9. The second kappa shape index (κ2) is 11.4. The molecule has 2 aromatic carbocycles. The first kappa shape index (κ1) is 26.6. The Balaban J connectivity index is 1.46. The summed E-state index contributed by atoms with van der Waals surface area (Å²) in [6.45, 7) is 8.98. The molecule has 2 atom stereocenters. The van der Waals surface area contributed by atoms with Gasteiger partial charge in [0.2, 0.25) is 5.91 Å². The third-order valence-electron chi connectivity index (χ3n) is 7.47. The van der Waals surface area contributed by atoms with Gasteiger partial charge in [-0.2, -0.15) is 0 Å². The maximum absolute atomic E-state index is 12.9. The van der Waals surface area contributed by atoms with Crippen LogP contribution in [0.15, 0.2) is 79.0 Å². The van der Waals surface area contributed by atoms with Crippen molar-refractivity contribution in [2.45, 2.75) is 52.6 Å². The van der Waals surface area contributed by atoms with E-state index >= 15 is 0 Å². The number of rotatable bonds is 8. The maximum atomic E-state index is 12.9. The topological polar surface area (TPSA) is 62.2 Å². The van der Waals surface area contributed by atoms with Gasteiger partial charge in [-0.1, -0.05) is 37.3 Å². The van der Waals surface area contributed by atoms with Crippen molar-refractivity contribution in [3.8, 4) is 5.69 Å². The average molecular weight is 538 g/mol. The zero-order valence-electron chi connectivity index (χ0n) is 22.9. The van der Waals surface area contributed by atoms with E-state index in [0.717, 1.165) is 40.4 Å². The summed E-state index contributed by atoms with van der Waals surface area (Å²) in [6, 6.07) is 24.6. The first-order valence-corrected chi connectivity index (χ1v) is 13.9. The van der Waals surface area contributed by atoms with Gasteiger partial charge in [-0.3, -0.25) is 9.78 Å². The molecule has 1 aliphatic rings. The monoisotopic (exact) mass is 537 g/mol. The number of pyridine rings is 1. The predicted octanol–water partition coefficient (Wildman–Crippen LogP) is 6.36. The number of carbonyl (C=O) groups excluding carboxylic acids is 1. The van der Waals surface area contributed by atoms with Gasteiger partial charge in [0.05, 0.1) is 17.8 Å². The van der Waals surface area contributed by atoms with Crippen LogP contribution < -0.4 is 10.6 Å². The molecule has 0 aliphatic carbocycles. The minimum Gasteiger partial charge on any atom is -0.352 e. The van der Waals surface area contributed by atoms with Gasteiger partial charge >= 0.3 is 0 Å². The fourth-order valence-electron chi connectivity index (χ4n) is 5.52. The molecule has 2 aromatic heterocycles. The molecule has 7 heteroatoms. The van der Waals surface area contributed by atoms with Crippen molar-refractivity contribution in [3.63, 3.8) is 0 Å². The van der Waals surface area contributed by atoms with Gasteiger partial charge in [0.1, 0.15) is 0 Å². The third kappa shape index (κ3) is 5.59. The van der Waals surface area contributed by atoms with E-state index in [0.29, 0.717) is 18.1 Å². The Morgan fingerprint density at radius 1 is 1.03 bits per heavy atom. The summed E-state index contributed by atoms with van der Waals surface area (Å²) in [7, 11) is 0. The summed E-state index contributed by atoms with van der Waals surface area (Å²) in [5.74, 6) is -0.0371. The van der Waals surface area contributed by atoms with Crippen molar-refractivity contribution in [3.05, 3.63) is 113 Å². The van der Waals surface area contributed by atoms with Crippen molar-refractivity contribution < 1.29 is 4.79 Å². The van der Waals surface area contributed by atoms with Crippen LogP contribution in [0.4, 0.5) is 5.69 Å². The summed E-state index contributed by atoms with van der Waals surface area (Å²) < 4.78 is 2.30. The second-order valence-electron chi connectivity index (χ2n) is 10.2. The Labute approximate surface area is 236 Å². The molecule has 1 aliphatic heterocycles. The number of aromatic nitrogens is 2. The third-order valence-corrected chi connectivity index (χ3v) is 7.82. The normalized spacial score (nSPS) is 16.8. The molecular formula is C32H35N5OS. The van der Waals surface area contributed by atoms with Crippen molar-refractivity contribution in [1.29, 1.82) is 0 Å². The lowest BCUT2D eigenvalue weighted by Crippen LogP contribution is -2.32. The predicted molar refractivity (Wildman–Crippen MR) is 161 cm³/mol. The lowest BCUT2D eigenvalue weighted by atomic mass is 9.96. The van der Waals surface area contributed by atoms with Gasteiger partial charge in [0, 0.05) is 41.9 Å². The van der Waals surface area contributed by atoms with Crippen LogP contribution in [0, 0.1) is 20.8 Å². The van der Waals surface area contributed by atoms with Gasteiger partial charge in [-0.05, 0) is 98.6 Å². The Hall–Kier alpha value is -3.97. The minimum absolute atomic E-state index is 0.0371. The number of aryl methyl sites for hydroxylation is 3. The van der Waals surface area contributed by atoms with Crippen LogP contribution in [-0.4, -0.2) is 32.0 Å². The Morgan fingerprint density at radius 3 is 2.51 bits per heavy atom. The quantitative estimate of drug-likeness (QED) is 0.256. The van der Waals surface area contributed by atoms with E-state index in [-0.39, 0.29) is 18.0 Å². The average Bonchev–Trinajstić information content (AvgIpc) is 3.42. The highest BCUT2D eigenvalue weighted by molar-refractivity contribution is 7.80. The lowest BCUT2D eigenvalue weighted by Gasteiger charge is -2.28. The summed E-state index contributed by atoms with van der Waals surface area (Å²) in [5, 5.41) is 7.18. The van der Waals surface area contributed by atoms with Gasteiger partial charge < -0.3 is 20.1 Å². The molecular weight excluding hydrogens is 502 g/mol. The summed E-state index contributed by atoms with van der Waals surface area (Å²) in [5.41, 5.74) is 8.78. The van der Waals surface area contributed by atoms with Gasteiger partial charge in [0.25, 0.3) is 0 Å². The van der Waals surface area contributed by atoms with Crippen LogP contribution in [-0.2, 0) is 11.2 Å². The molecule has 39 heavy (non-hydrogen) atoms. The number of nitrogens with zero attached hydrogens (tertiary/aromatic N) is 3. The van der Waals surface area contributed by atoms with Crippen LogP contribution in [0.25, 0.3) is 5.69 Å². The van der Waals surface area contributed by atoms with E-state index in [4.69, 9.17) is 12.2 Å². The molecule has 3 heterocycles. The molecule has 4 aromatic rings. The van der Waals surface area contributed by atoms with E-state index in [1.54, 1.807) is 0 Å². The van der Waals surface area contributed by atoms with Crippen LogP contribution >= 0.6 is 12.2 Å². The molecule has 0 spiro atoms. The zero-order chi connectivity index (χ0) is 27.5. The van der Waals surface area contributed by atoms with Crippen LogP contribution in [0.1, 0.15) is 59.2 Å². The Bertz CT molecular complexity index is 1480. The van der Waals surface area contributed by atoms with Crippen molar-refractivity contribution >= 4 is 28.9 Å². The highest BCUT2D eigenvalue weighted by Crippen LogP contribution is 2.41. The number of anilines is 1. The summed E-state index contributed by atoms with van der Waals surface area (Å²) in [6.07, 6.45) is 3.14. The molecule has 2 N–H and O–H groups in total. The molecule has 0 bridgehead atoms. The van der Waals surface area contributed by atoms with E-state index < -0.39 is 0 Å². The van der Waals surface area contributed by atoms with E-state index in [1.807, 2.05) is 55.6 Å². The molecule has 1 amide bonds. The molecule has 0 unspecified atom stereocenters. The maximum Gasteiger partial charge on any atom is 0.226 e. The number of nitrogens with one attached hydrogen (secondary N) is 2. The lowest BCUT2D eigenvalue weighted by molar-refractivity contribution is -0.116. The number of thiocarbonyl (C=S) groups is 1. The number of amides is 1. The standard InChI is InChI=1S/C32H35N5OS/c1-5-24-12-14-26(15-13-24)37-22(3)20-27(23(37)4)31-30(28-11-6-7-17-33-28)35-32(39)36(31)18-16-29(38)34-25-10-8-9-21(2)19-25/h6-15,17,19-20,30-31H,5,16,18H2,1-4H3,(H,34,38)(H,35,39)/t30-,31+/m0/s1. The van der Waals surface area contributed by atoms with Crippen molar-refractivity contribution in [1.82, 2.24) is 19.8 Å². The molecule has 5 rings (SSSR count). The Morgan fingerprint density at radius 2 is 1.82 bits per heavy atom. The molecule has 200 valence electrons. The van der Waals surface area contributed by atoms with Gasteiger partial charge in [-0.15, -0.1) is 0 Å². The Kier molecular flexibility index (Phi) is 7.79. The number of carbonyl (C=O) groups is 1. The summed E-state index contributed by atoms with van der Waals surface area (Å²) in [4.78, 5) is 19.7. The smallest absolute Gasteiger partial charge is 0.226 e. The fourth-order valence-corrected chi connectivity index (χ4v) is 5.85. The molecule has 1 fully saturated rings. The van der Waals surface area contributed by atoms with Gasteiger partial charge in [0.15, 0.2) is 5.11 Å². The van der Waals surface area contributed by atoms with Crippen LogP contribution in [0.2, 0.25) is 0 Å². The molecule has 1 saturated heterocycles. The number of hydrogen-bond acceptors (Lipinski definition) is 3. The highest BCUT2D eigenvalue weighted by atomic mass is 32.1. The highest BCUT2D eigenvalue weighted by Gasteiger charge is 2.41. The first-order valence-electron chi connectivity index (χ1n) is 13.5.